The van der Waals surface area contributed by atoms with E-state index in [4.69, 9.17) is 8.92 Å². The van der Waals surface area contributed by atoms with E-state index < -0.39 is 10.1 Å². The van der Waals surface area contributed by atoms with Crippen LogP contribution in [0.5, 0.6) is 11.5 Å². The molecule has 0 spiro atoms. The van der Waals surface area contributed by atoms with Crippen LogP contribution in [0.1, 0.15) is 21.5 Å². The van der Waals surface area contributed by atoms with Crippen LogP contribution in [-0.4, -0.2) is 32.2 Å². The summed E-state index contributed by atoms with van der Waals surface area (Å²) in [5.74, 6) is -0.0924. The Kier molecular flexibility index (Phi) is 7.75. The number of para-hydroxylation sites is 1. The molecule has 0 saturated carbocycles. The summed E-state index contributed by atoms with van der Waals surface area (Å²) < 4.78 is 38.6. The molecule has 0 aliphatic heterocycles. The molecule has 0 aliphatic rings. The number of hydrogen-bond acceptors (Lipinski definition) is 6. The SMILES string of the molecule is COc1cc(/C=N\NC(=O)c2ccccc2-n2cccc2)cc(I)c1OS(=O)(=O)c1ccc(C)cc1. The fourth-order valence-corrected chi connectivity index (χ4v) is 5.21. The fourth-order valence-electron chi connectivity index (χ4n) is 3.37. The number of halogens is 1. The van der Waals surface area contributed by atoms with Crippen molar-refractivity contribution in [3.63, 3.8) is 0 Å². The number of ether oxygens (including phenoxy) is 1. The van der Waals surface area contributed by atoms with Crippen LogP contribution in [0.25, 0.3) is 5.69 Å². The molecule has 0 bridgehead atoms. The van der Waals surface area contributed by atoms with Crippen molar-refractivity contribution in [2.24, 2.45) is 5.10 Å². The summed E-state index contributed by atoms with van der Waals surface area (Å²) in [6.45, 7) is 1.87. The Bertz CT molecular complexity index is 1520. The first-order valence-electron chi connectivity index (χ1n) is 10.7. The van der Waals surface area contributed by atoms with Gasteiger partial charge in [-0.25, -0.2) is 5.43 Å². The minimum atomic E-state index is -4.06. The maximum atomic E-state index is 12.8. The van der Waals surface area contributed by atoms with E-state index >= 15 is 0 Å². The van der Waals surface area contributed by atoms with Gasteiger partial charge in [0.2, 0.25) is 0 Å². The third-order valence-corrected chi connectivity index (χ3v) is 7.20. The highest BCUT2D eigenvalue weighted by molar-refractivity contribution is 14.1. The van der Waals surface area contributed by atoms with Crippen molar-refractivity contribution in [2.75, 3.05) is 7.11 Å². The first-order chi connectivity index (χ1) is 17.3. The van der Waals surface area contributed by atoms with Gasteiger partial charge < -0.3 is 13.5 Å². The largest absolute Gasteiger partial charge is 0.493 e. The van der Waals surface area contributed by atoms with Gasteiger partial charge in [0.1, 0.15) is 4.90 Å². The second-order valence-electron chi connectivity index (χ2n) is 7.69. The average molecular weight is 615 g/mol. The Balaban J connectivity index is 1.52. The zero-order chi connectivity index (χ0) is 25.7. The molecular formula is C26H22IN3O5S. The highest BCUT2D eigenvalue weighted by atomic mass is 127. The second-order valence-corrected chi connectivity index (χ2v) is 10.4. The first-order valence-corrected chi connectivity index (χ1v) is 13.2. The summed E-state index contributed by atoms with van der Waals surface area (Å²) in [6.07, 6.45) is 5.15. The smallest absolute Gasteiger partial charge is 0.339 e. The molecule has 184 valence electrons. The van der Waals surface area contributed by atoms with Crippen molar-refractivity contribution >= 4 is 44.8 Å². The molecule has 0 fully saturated rings. The number of aromatic nitrogens is 1. The van der Waals surface area contributed by atoms with Crippen LogP contribution >= 0.6 is 22.6 Å². The van der Waals surface area contributed by atoms with Crippen LogP contribution in [0, 0.1) is 10.5 Å². The maximum absolute atomic E-state index is 12.8. The van der Waals surface area contributed by atoms with Gasteiger partial charge in [0.25, 0.3) is 5.91 Å². The average Bonchev–Trinajstić information content (AvgIpc) is 3.40. The molecule has 3 aromatic carbocycles. The van der Waals surface area contributed by atoms with E-state index in [0.717, 1.165) is 11.3 Å². The summed E-state index contributed by atoms with van der Waals surface area (Å²) in [4.78, 5) is 12.8. The third kappa shape index (κ3) is 5.77. The molecule has 36 heavy (non-hydrogen) atoms. The number of amides is 1. The number of aryl methyl sites for hydroxylation is 1. The normalized spacial score (nSPS) is 11.4. The zero-order valence-electron chi connectivity index (χ0n) is 19.4. The second kappa shape index (κ2) is 11.0. The predicted octanol–water partition coefficient (Wildman–Crippen LogP) is 4.93. The van der Waals surface area contributed by atoms with Gasteiger partial charge in [-0.3, -0.25) is 4.79 Å². The standard InChI is InChI=1S/C26H22IN3O5S/c1-18-9-11-20(12-10-18)36(32,33)35-25-22(27)15-19(16-24(25)34-2)17-28-29-26(31)21-7-3-4-8-23(21)30-13-5-6-14-30/h3-17H,1-2H3,(H,29,31)/b28-17-. The van der Waals surface area contributed by atoms with Gasteiger partial charge in [-0.05, 0) is 83.6 Å². The number of carbonyl (C=O) groups is 1. The Morgan fingerprint density at radius 2 is 1.72 bits per heavy atom. The van der Waals surface area contributed by atoms with E-state index in [0.29, 0.717) is 14.7 Å². The lowest BCUT2D eigenvalue weighted by molar-refractivity contribution is 0.0955. The minimum absolute atomic E-state index is 0.0412. The number of hydrazone groups is 1. The highest BCUT2D eigenvalue weighted by Crippen LogP contribution is 2.35. The Morgan fingerprint density at radius 1 is 1.03 bits per heavy atom. The number of nitrogens with one attached hydrogen (secondary N) is 1. The van der Waals surface area contributed by atoms with Gasteiger partial charge in [0.05, 0.1) is 28.1 Å². The molecule has 1 amide bonds. The summed E-state index contributed by atoms with van der Waals surface area (Å²) >= 11 is 1.96. The van der Waals surface area contributed by atoms with E-state index in [2.05, 4.69) is 10.5 Å². The maximum Gasteiger partial charge on any atom is 0.339 e. The summed E-state index contributed by atoms with van der Waals surface area (Å²) in [6, 6.07) is 20.6. The van der Waals surface area contributed by atoms with E-state index in [9.17, 15) is 13.2 Å². The molecule has 1 aromatic heterocycles. The number of methoxy groups -OCH3 is 1. The van der Waals surface area contributed by atoms with Gasteiger partial charge in [-0.1, -0.05) is 29.8 Å². The Labute approximate surface area is 222 Å². The van der Waals surface area contributed by atoms with Crippen LogP contribution in [0.3, 0.4) is 0 Å². The lowest BCUT2D eigenvalue weighted by Gasteiger charge is -2.13. The number of hydrogen-bond donors (Lipinski definition) is 1. The third-order valence-electron chi connectivity index (χ3n) is 5.17. The molecule has 0 saturated heterocycles. The van der Waals surface area contributed by atoms with Crippen LogP contribution in [-0.2, 0) is 10.1 Å². The zero-order valence-corrected chi connectivity index (χ0v) is 22.4. The monoisotopic (exact) mass is 615 g/mol. The molecule has 1 heterocycles. The topological polar surface area (TPSA) is 99.0 Å². The van der Waals surface area contributed by atoms with Gasteiger partial charge in [-0.15, -0.1) is 0 Å². The number of carbonyl (C=O) groups excluding carboxylic acids is 1. The first kappa shape index (κ1) is 25.5. The van der Waals surface area contributed by atoms with E-state index in [1.54, 1.807) is 36.4 Å². The summed E-state index contributed by atoms with van der Waals surface area (Å²) in [7, 11) is -2.64. The van der Waals surface area contributed by atoms with Crippen LogP contribution in [0.2, 0.25) is 0 Å². The van der Waals surface area contributed by atoms with Crippen molar-refractivity contribution < 1.29 is 22.1 Å². The van der Waals surface area contributed by atoms with Crippen molar-refractivity contribution in [1.29, 1.82) is 0 Å². The molecule has 0 aliphatic carbocycles. The quantitative estimate of drug-likeness (QED) is 0.131. The summed E-state index contributed by atoms with van der Waals surface area (Å²) in [5, 5.41) is 4.07. The Morgan fingerprint density at radius 3 is 2.42 bits per heavy atom. The van der Waals surface area contributed by atoms with Gasteiger partial charge in [-0.2, -0.15) is 13.5 Å². The molecule has 0 unspecified atom stereocenters. The Hall–Kier alpha value is -3.64. The van der Waals surface area contributed by atoms with Gasteiger partial charge >= 0.3 is 10.1 Å². The predicted molar refractivity (Wildman–Crippen MR) is 146 cm³/mol. The van der Waals surface area contributed by atoms with Crippen molar-refractivity contribution in [1.82, 2.24) is 9.99 Å². The van der Waals surface area contributed by atoms with Crippen LogP contribution < -0.4 is 14.3 Å². The molecular weight excluding hydrogens is 593 g/mol. The fraction of sp³-hybridized carbons (Fsp3) is 0.0769. The summed E-state index contributed by atoms with van der Waals surface area (Å²) in [5.41, 5.74) is 5.23. The van der Waals surface area contributed by atoms with Gasteiger partial charge in [0, 0.05) is 12.4 Å². The molecule has 10 heteroatoms. The van der Waals surface area contributed by atoms with E-state index in [-0.39, 0.29) is 22.3 Å². The molecule has 8 nitrogen and oxygen atoms in total. The van der Waals surface area contributed by atoms with Gasteiger partial charge in [0.15, 0.2) is 11.5 Å². The lowest BCUT2D eigenvalue weighted by Crippen LogP contribution is -2.19. The van der Waals surface area contributed by atoms with Crippen LogP contribution in [0.15, 0.2) is 95.2 Å². The minimum Gasteiger partial charge on any atom is -0.493 e. The van der Waals surface area contributed by atoms with Crippen molar-refractivity contribution in [3.05, 3.63) is 105 Å². The number of rotatable bonds is 8. The highest BCUT2D eigenvalue weighted by Gasteiger charge is 2.22. The van der Waals surface area contributed by atoms with Crippen molar-refractivity contribution in [2.45, 2.75) is 11.8 Å². The molecule has 1 N–H and O–H groups in total. The van der Waals surface area contributed by atoms with Crippen LogP contribution in [0.4, 0.5) is 0 Å². The molecule has 0 radical (unpaired) electrons. The van der Waals surface area contributed by atoms with E-state index in [1.807, 2.05) is 70.7 Å². The molecule has 4 rings (SSSR count). The van der Waals surface area contributed by atoms with E-state index in [1.165, 1.54) is 25.5 Å². The number of nitrogens with zero attached hydrogens (tertiary/aromatic N) is 2. The molecule has 4 aromatic rings. The van der Waals surface area contributed by atoms with Crippen molar-refractivity contribution in [3.8, 4) is 17.2 Å². The lowest BCUT2D eigenvalue weighted by atomic mass is 10.1. The number of benzene rings is 3. The molecule has 0 atom stereocenters.